The Morgan fingerprint density at radius 2 is 1.97 bits per heavy atom. The van der Waals surface area contributed by atoms with Crippen molar-refractivity contribution in [2.75, 3.05) is 5.75 Å². The van der Waals surface area contributed by atoms with Gasteiger partial charge in [0.1, 0.15) is 12.4 Å². The maximum absolute atomic E-state index is 12.2. The van der Waals surface area contributed by atoms with Gasteiger partial charge in [0.05, 0.1) is 17.6 Å². The number of carbonyl (C=O) groups excluding carboxylic acids is 1. The van der Waals surface area contributed by atoms with Crippen LogP contribution in [-0.4, -0.2) is 36.6 Å². The number of benzene rings is 2. The second-order valence-corrected chi connectivity index (χ2v) is 8.36. The molecule has 2 aromatic carbocycles. The third kappa shape index (κ3) is 6.19. The lowest BCUT2D eigenvalue weighted by Gasteiger charge is -2.03. The smallest absolute Gasteiger partial charge is 0.230 e. The van der Waals surface area contributed by atoms with Crippen molar-refractivity contribution in [1.82, 2.24) is 30.3 Å². The van der Waals surface area contributed by atoms with Gasteiger partial charge >= 0.3 is 0 Å². The van der Waals surface area contributed by atoms with E-state index in [1.165, 1.54) is 11.8 Å². The van der Waals surface area contributed by atoms with Gasteiger partial charge in [-0.3, -0.25) is 9.89 Å². The largest absolute Gasteiger partial charge is 0.486 e. The van der Waals surface area contributed by atoms with E-state index in [-0.39, 0.29) is 18.3 Å². The molecule has 0 radical (unpaired) electrons. The van der Waals surface area contributed by atoms with Gasteiger partial charge in [0.15, 0.2) is 5.82 Å². The van der Waals surface area contributed by atoms with E-state index in [0.717, 1.165) is 21.5 Å². The molecule has 158 valence electrons. The average Bonchev–Trinajstić information content (AvgIpc) is 3.46. The summed E-state index contributed by atoms with van der Waals surface area (Å²) in [6.45, 7) is 0.680. The number of hydrogen-bond donors (Lipinski definition) is 2. The molecule has 0 aliphatic heterocycles. The molecular formula is C21H19BrN6O2S. The van der Waals surface area contributed by atoms with Crippen molar-refractivity contribution in [2.45, 2.75) is 18.3 Å². The normalized spacial score (nSPS) is 10.7. The summed E-state index contributed by atoms with van der Waals surface area (Å²) in [5.41, 5.74) is 1.90. The first-order valence-corrected chi connectivity index (χ1v) is 11.2. The van der Waals surface area contributed by atoms with Gasteiger partial charge < -0.3 is 10.1 Å². The van der Waals surface area contributed by atoms with Crippen LogP contribution in [-0.2, 0) is 17.9 Å². The van der Waals surface area contributed by atoms with Crippen LogP contribution in [0.1, 0.15) is 11.4 Å². The number of aromatic amines is 1. The van der Waals surface area contributed by atoms with Gasteiger partial charge in [0, 0.05) is 22.8 Å². The molecule has 4 aromatic rings. The SMILES string of the molecule is O=C(CSc1n[nH]c(COc2ccc(Br)cc2)n1)NCc1cnn(-c2ccccc2)c1. The van der Waals surface area contributed by atoms with Gasteiger partial charge in [0.2, 0.25) is 11.1 Å². The summed E-state index contributed by atoms with van der Waals surface area (Å²) in [5.74, 6) is 1.45. The van der Waals surface area contributed by atoms with Crippen molar-refractivity contribution >= 4 is 33.6 Å². The van der Waals surface area contributed by atoms with Crippen LogP contribution < -0.4 is 10.1 Å². The molecule has 1 amide bonds. The zero-order valence-corrected chi connectivity index (χ0v) is 18.8. The Bertz CT molecular complexity index is 1130. The summed E-state index contributed by atoms with van der Waals surface area (Å²) < 4.78 is 8.42. The number of aromatic nitrogens is 5. The highest BCUT2D eigenvalue weighted by Crippen LogP contribution is 2.17. The molecule has 0 bridgehead atoms. The average molecular weight is 499 g/mol. The lowest BCUT2D eigenvalue weighted by atomic mass is 10.3. The van der Waals surface area contributed by atoms with Crippen LogP contribution in [0.25, 0.3) is 5.69 Å². The third-order valence-corrected chi connectivity index (χ3v) is 5.56. The number of halogens is 1. The van der Waals surface area contributed by atoms with Crippen molar-refractivity contribution in [3.8, 4) is 11.4 Å². The Labute approximate surface area is 191 Å². The highest BCUT2D eigenvalue weighted by molar-refractivity contribution is 9.10. The Morgan fingerprint density at radius 1 is 1.16 bits per heavy atom. The molecule has 2 aromatic heterocycles. The number of para-hydroxylation sites is 1. The fourth-order valence-corrected chi connectivity index (χ4v) is 3.56. The molecule has 0 fully saturated rings. The number of carbonyl (C=O) groups is 1. The number of ether oxygens (including phenoxy) is 1. The zero-order valence-electron chi connectivity index (χ0n) is 16.4. The van der Waals surface area contributed by atoms with E-state index in [1.54, 1.807) is 10.9 Å². The predicted octanol–water partition coefficient (Wildman–Crippen LogP) is 3.74. The van der Waals surface area contributed by atoms with Crippen LogP contribution in [0.2, 0.25) is 0 Å². The molecule has 2 heterocycles. The molecule has 0 aliphatic rings. The second-order valence-electron chi connectivity index (χ2n) is 6.50. The Balaban J connectivity index is 1.20. The minimum absolute atomic E-state index is 0.102. The second kappa shape index (κ2) is 10.3. The summed E-state index contributed by atoms with van der Waals surface area (Å²) in [4.78, 5) is 16.5. The molecular weight excluding hydrogens is 480 g/mol. The molecule has 8 nitrogen and oxygen atoms in total. The minimum atomic E-state index is -0.102. The van der Waals surface area contributed by atoms with Crippen LogP contribution in [0, 0.1) is 0 Å². The van der Waals surface area contributed by atoms with E-state index in [4.69, 9.17) is 4.74 Å². The first kappa shape index (κ1) is 21.1. The monoisotopic (exact) mass is 498 g/mol. The van der Waals surface area contributed by atoms with Crippen LogP contribution >= 0.6 is 27.7 Å². The van der Waals surface area contributed by atoms with Crippen molar-refractivity contribution in [3.63, 3.8) is 0 Å². The topological polar surface area (TPSA) is 97.7 Å². The van der Waals surface area contributed by atoms with Crippen molar-refractivity contribution in [1.29, 1.82) is 0 Å². The quantitative estimate of drug-likeness (QED) is 0.341. The van der Waals surface area contributed by atoms with Gasteiger partial charge in [-0.2, -0.15) is 5.10 Å². The number of nitrogens with one attached hydrogen (secondary N) is 2. The first-order valence-electron chi connectivity index (χ1n) is 9.44. The van der Waals surface area contributed by atoms with E-state index < -0.39 is 0 Å². The molecule has 10 heteroatoms. The summed E-state index contributed by atoms with van der Waals surface area (Å²) in [6.07, 6.45) is 3.64. The highest BCUT2D eigenvalue weighted by Gasteiger charge is 2.09. The fraction of sp³-hybridized carbons (Fsp3) is 0.143. The highest BCUT2D eigenvalue weighted by atomic mass is 79.9. The Kier molecular flexibility index (Phi) is 7.00. The Hall–Kier alpha value is -3.11. The zero-order chi connectivity index (χ0) is 21.5. The molecule has 2 N–H and O–H groups in total. The van der Waals surface area contributed by atoms with E-state index in [1.807, 2.05) is 60.8 Å². The number of H-pyrrole nitrogens is 1. The number of hydrogen-bond acceptors (Lipinski definition) is 6. The van der Waals surface area contributed by atoms with Crippen LogP contribution in [0.5, 0.6) is 5.75 Å². The van der Waals surface area contributed by atoms with Gasteiger partial charge in [-0.1, -0.05) is 45.9 Å². The third-order valence-electron chi connectivity index (χ3n) is 4.18. The summed E-state index contributed by atoms with van der Waals surface area (Å²) in [6, 6.07) is 17.4. The predicted molar refractivity (Wildman–Crippen MR) is 121 cm³/mol. The summed E-state index contributed by atoms with van der Waals surface area (Å²) in [5, 5.41) is 14.7. The molecule has 0 atom stereocenters. The molecule has 0 spiro atoms. The van der Waals surface area contributed by atoms with Crippen molar-refractivity contribution < 1.29 is 9.53 Å². The molecule has 0 aliphatic carbocycles. The van der Waals surface area contributed by atoms with Crippen molar-refractivity contribution in [2.24, 2.45) is 0 Å². The van der Waals surface area contributed by atoms with E-state index >= 15 is 0 Å². The van der Waals surface area contributed by atoms with Crippen LogP contribution in [0.3, 0.4) is 0 Å². The fourth-order valence-electron chi connectivity index (χ4n) is 2.64. The van der Waals surface area contributed by atoms with Gasteiger partial charge in [0.25, 0.3) is 0 Å². The van der Waals surface area contributed by atoms with E-state index in [0.29, 0.717) is 17.5 Å². The number of rotatable bonds is 9. The molecule has 0 unspecified atom stereocenters. The maximum atomic E-state index is 12.2. The summed E-state index contributed by atoms with van der Waals surface area (Å²) >= 11 is 4.65. The van der Waals surface area contributed by atoms with Gasteiger partial charge in [-0.15, -0.1) is 5.10 Å². The lowest BCUT2D eigenvalue weighted by Crippen LogP contribution is -2.24. The molecule has 0 saturated carbocycles. The maximum Gasteiger partial charge on any atom is 0.230 e. The van der Waals surface area contributed by atoms with Gasteiger partial charge in [-0.25, -0.2) is 9.67 Å². The number of thioether (sulfide) groups is 1. The van der Waals surface area contributed by atoms with Gasteiger partial charge in [-0.05, 0) is 36.4 Å². The van der Waals surface area contributed by atoms with E-state index in [2.05, 4.69) is 41.5 Å². The number of nitrogens with zero attached hydrogens (tertiary/aromatic N) is 4. The molecule has 4 rings (SSSR count). The summed E-state index contributed by atoms with van der Waals surface area (Å²) in [7, 11) is 0. The van der Waals surface area contributed by atoms with Crippen LogP contribution in [0.15, 0.2) is 76.6 Å². The van der Waals surface area contributed by atoms with E-state index in [9.17, 15) is 4.79 Å². The molecule has 0 saturated heterocycles. The lowest BCUT2D eigenvalue weighted by molar-refractivity contribution is -0.118. The minimum Gasteiger partial charge on any atom is -0.486 e. The molecule has 31 heavy (non-hydrogen) atoms. The standard InChI is InChI=1S/C21H19BrN6O2S/c22-16-6-8-18(9-7-16)30-13-19-25-21(27-26-19)31-14-20(29)23-10-15-11-24-28(12-15)17-4-2-1-3-5-17/h1-9,11-12H,10,13-14H2,(H,23,29)(H,25,26,27). The Morgan fingerprint density at radius 3 is 2.77 bits per heavy atom. The van der Waals surface area contributed by atoms with Crippen molar-refractivity contribution in [3.05, 3.63) is 82.9 Å². The first-order chi connectivity index (χ1) is 15.2. The number of amides is 1. The van der Waals surface area contributed by atoms with Crippen LogP contribution in [0.4, 0.5) is 0 Å².